The molecule has 0 atom stereocenters. The Hall–Kier alpha value is -2.74. The smallest absolute Gasteiger partial charge is 0.241 e. The number of halogens is 1. The van der Waals surface area contributed by atoms with Crippen LogP contribution in [0.25, 0.3) is 10.9 Å². The second kappa shape index (κ2) is 8.78. The van der Waals surface area contributed by atoms with Gasteiger partial charge in [-0.05, 0) is 30.3 Å². The number of carbonyl (C=O) groups excluding carboxylic acids is 1. The van der Waals surface area contributed by atoms with E-state index in [0.29, 0.717) is 43.7 Å². The summed E-state index contributed by atoms with van der Waals surface area (Å²) < 4.78 is 5.51. The summed E-state index contributed by atoms with van der Waals surface area (Å²) in [6.45, 7) is 5.25. The molecule has 8 heteroatoms. The molecule has 31 heavy (non-hydrogen) atoms. The molecule has 3 heterocycles. The van der Waals surface area contributed by atoms with Crippen LogP contribution in [0.2, 0.25) is 5.02 Å². The van der Waals surface area contributed by atoms with Crippen molar-refractivity contribution in [2.45, 2.75) is 6.54 Å². The molecule has 5 rings (SSSR count). The zero-order valence-electron chi connectivity index (χ0n) is 17.2. The number of hydrogen-bond donors (Lipinski definition) is 0. The molecule has 1 aromatic heterocycles. The summed E-state index contributed by atoms with van der Waals surface area (Å²) in [5.41, 5.74) is 1.77. The van der Waals surface area contributed by atoms with Gasteiger partial charge in [-0.15, -0.1) is 0 Å². The van der Waals surface area contributed by atoms with Gasteiger partial charge in [-0.25, -0.2) is 9.97 Å². The van der Waals surface area contributed by atoms with Crippen LogP contribution in [-0.4, -0.2) is 66.7 Å². The third-order valence-electron chi connectivity index (χ3n) is 5.73. The molecule has 1 amide bonds. The molecule has 2 fully saturated rings. The lowest BCUT2D eigenvalue weighted by atomic mass is 10.2. The minimum atomic E-state index is 0.0923. The number of benzene rings is 2. The van der Waals surface area contributed by atoms with E-state index in [0.717, 1.165) is 42.0 Å². The lowest BCUT2D eigenvalue weighted by molar-refractivity contribution is -0.121. The largest absolute Gasteiger partial charge is 0.378 e. The molecular formula is C23H24ClN5O2. The van der Waals surface area contributed by atoms with Crippen LogP contribution < -0.4 is 9.80 Å². The number of hydrogen-bond acceptors (Lipinski definition) is 6. The molecule has 0 bridgehead atoms. The maximum Gasteiger partial charge on any atom is 0.241 e. The SMILES string of the molecule is O=C1CN(Cc2nc(N3CCOCC3)c3ccc(Cl)cc3n2)CCN1c1ccccc1. The first-order valence-corrected chi connectivity index (χ1v) is 10.9. The number of para-hydroxylation sites is 1. The van der Waals surface area contributed by atoms with Gasteiger partial charge in [0.1, 0.15) is 11.6 Å². The van der Waals surface area contributed by atoms with Crippen LogP contribution in [0.3, 0.4) is 0 Å². The van der Waals surface area contributed by atoms with Crippen LogP contribution >= 0.6 is 11.6 Å². The van der Waals surface area contributed by atoms with Crippen LogP contribution in [0.1, 0.15) is 5.82 Å². The van der Waals surface area contributed by atoms with E-state index in [9.17, 15) is 4.79 Å². The van der Waals surface area contributed by atoms with E-state index in [1.165, 1.54) is 0 Å². The fourth-order valence-electron chi connectivity index (χ4n) is 4.16. The summed E-state index contributed by atoms with van der Waals surface area (Å²) in [6.07, 6.45) is 0. The van der Waals surface area contributed by atoms with Crippen molar-refractivity contribution in [2.24, 2.45) is 0 Å². The van der Waals surface area contributed by atoms with Gasteiger partial charge in [-0.1, -0.05) is 29.8 Å². The van der Waals surface area contributed by atoms with E-state index >= 15 is 0 Å². The molecule has 2 aliphatic heterocycles. The molecule has 0 spiro atoms. The molecule has 0 N–H and O–H groups in total. The van der Waals surface area contributed by atoms with E-state index in [1.807, 2.05) is 53.4 Å². The number of rotatable bonds is 4. The number of ether oxygens (including phenoxy) is 1. The van der Waals surface area contributed by atoms with Crippen molar-refractivity contribution in [3.05, 3.63) is 59.4 Å². The Morgan fingerprint density at radius 2 is 1.77 bits per heavy atom. The van der Waals surface area contributed by atoms with Crippen molar-refractivity contribution in [1.29, 1.82) is 0 Å². The van der Waals surface area contributed by atoms with Crippen molar-refractivity contribution in [2.75, 3.05) is 55.7 Å². The third kappa shape index (κ3) is 4.35. The van der Waals surface area contributed by atoms with Crippen LogP contribution in [-0.2, 0) is 16.1 Å². The Labute approximate surface area is 186 Å². The van der Waals surface area contributed by atoms with E-state index in [4.69, 9.17) is 26.3 Å². The molecule has 0 unspecified atom stereocenters. The highest BCUT2D eigenvalue weighted by molar-refractivity contribution is 6.31. The van der Waals surface area contributed by atoms with Gasteiger partial charge < -0.3 is 14.5 Å². The third-order valence-corrected chi connectivity index (χ3v) is 5.96. The summed E-state index contributed by atoms with van der Waals surface area (Å²) >= 11 is 6.24. The van der Waals surface area contributed by atoms with Crippen molar-refractivity contribution >= 4 is 39.9 Å². The van der Waals surface area contributed by atoms with Gasteiger partial charge in [-0.2, -0.15) is 0 Å². The minimum Gasteiger partial charge on any atom is -0.378 e. The zero-order chi connectivity index (χ0) is 21.2. The number of carbonyl (C=O) groups is 1. The Bertz CT molecular complexity index is 1090. The standard InChI is InChI=1S/C23H24ClN5O2/c24-17-6-7-19-20(14-17)25-21(26-23(19)28-10-12-31-13-11-28)15-27-8-9-29(22(30)16-27)18-4-2-1-3-5-18/h1-7,14H,8-13,15-16H2. The van der Waals surface area contributed by atoms with Crippen molar-refractivity contribution in [3.8, 4) is 0 Å². The lowest BCUT2D eigenvalue weighted by Crippen LogP contribution is -2.50. The molecule has 3 aromatic rings. The van der Waals surface area contributed by atoms with Gasteiger partial charge in [0.15, 0.2) is 0 Å². The maximum atomic E-state index is 12.8. The second-order valence-corrected chi connectivity index (χ2v) is 8.25. The van der Waals surface area contributed by atoms with Crippen molar-refractivity contribution in [3.63, 3.8) is 0 Å². The Balaban J connectivity index is 1.38. The van der Waals surface area contributed by atoms with E-state index < -0.39 is 0 Å². The summed E-state index contributed by atoms with van der Waals surface area (Å²) in [7, 11) is 0. The number of aromatic nitrogens is 2. The van der Waals surface area contributed by atoms with Crippen molar-refractivity contribution in [1.82, 2.24) is 14.9 Å². The molecule has 2 saturated heterocycles. The monoisotopic (exact) mass is 437 g/mol. The number of fused-ring (bicyclic) bond motifs is 1. The molecule has 2 aromatic carbocycles. The number of piperazine rings is 1. The second-order valence-electron chi connectivity index (χ2n) is 7.82. The lowest BCUT2D eigenvalue weighted by Gasteiger charge is -2.34. The van der Waals surface area contributed by atoms with Gasteiger partial charge in [0.05, 0.1) is 31.8 Å². The summed E-state index contributed by atoms with van der Waals surface area (Å²) in [4.78, 5) is 28.6. The highest BCUT2D eigenvalue weighted by atomic mass is 35.5. The van der Waals surface area contributed by atoms with Crippen LogP contribution in [0.5, 0.6) is 0 Å². The van der Waals surface area contributed by atoms with Gasteiger partial charge >= 0.3 is 0 Å². The Morgan fingerprint density at radius 1 is 0.968 bits per heavy atom. The van der Waals surface area contributed by atoms with Gasteiger partial charge in [0.25, 0.3) is 0 Å². The quantitative estimate of drug-likeness (QED) is 0.625. The summed E-state index contributed by atoms with van der Waals surface area (Å²) in [5.74, 6) is 1.71. The van der Waals surface area contributed by atoms with Crippen LogP contribution in [0.15, 0.2) is 48.5 Å². The number of amides is 1. The first-order chi connectivity index (χ1) is 15.2. The molecular weight excluding hydrogens is 414 g/mol. The van der Waals surface area contributed by atoms with E-state index in [-0.39, 0.29) is 5.91 Å². The number of morpholine rings is 1. The topological polar surface area (TPSA) is 61.8 Å². The molecule has 160 valence electrons. The van der Waals surface area contributed by atoms with Crippen LogP contribution in [0, 0.1) is 0 Å². The maximum absolute atomic E-state index is 12.8. The van der Waals surface area contributed by atoms with Crippen LogP contribution in [0.4, 0.5) is 11.5 Å². The molecule has 0 saturated carbocycles. The van der Waals surface area contributed by atoms with Gasteiger partial charge in [0.2, 0.25) is 5.91 Å². The van der Waals surface area contributed by atoms with Gasteiger partial charge in [-0.3, -0.25) is 9.69 Å². The molecule has 2 aliphatic rings. The predicted octanol–water partition coefficient (Wildman–Crippen LogP) is 2.97. The zero-order valence-corrected chi connectivity index (χ0v) is 18.0. The Morgan fingerprint density at radius 3 is 2.55 bits per heavy atom. The fourth-order valence-corrected chi connectivity index (χ4v) is 4.32. The highest BCUT2D eigenvalue weighted by Gasteiger charge is 2.26. The minimum absolute atomic E-state index is 0.0923. The Kier molecular flexibility index (Phi) is 5.72. The molecule has 0 aliphatic carbocycles. The van der Waals surface area contributed by atoms with E-state index in [1.54, 1.807) is 0 Å². The summed E-state index contributed by atoms with van der Waals surface area (Å²) in [5, 5.41) is 1.64. The average Bonchev–Trinajstić information content (AvgIpc) is 2.79. The first-order valence-electron chi connectivity index (χ1n) is 10.5. The molecule has 7 nitrogen and oxygen atoms in total. The predicted molar refractivity (Wildman–Crippen MR) is 122 cm³/mol. The first kappa shape index (κ1) is 20.2. The average molecular weight is 438 g/mol. The van der Waals surface area contributed by atoms with Crippen molar-refractivity contribution < 1.29 is 9.53 Å². The number of anilines is 2. The summed E-state index contributed by atoms with van der Waals surface area (Å²) in [6, 6.07) is 15.5. The number of nitrogens with zero attached hydrogens (tertiary/aromatic N) is 5. The highest BCUT2D eigenvalue weighted by Crippen LogP contribution is 2.27. The fraction of sp³-hybridized carbons (Fsp3) is 0.348. The van der Waals surface area contributed by atoms with Gasteiger partial charge in [0, 0.05) is 42.3 Å². The van der Waals surface area contributed by atoms with E-state index in [2.05, 4.69) is 9.80 Å². The normalized spacial score (nSPS) is 18.0. The molecule has 0 radical (unpaired) electrons.